The molecular weight excluding hydrogens is 284 g/mol. The topological polar surface area (TPSA) is 36.9 Å². The van der Waals surface area contributed by atoms with Gasteiger partial charge in [0, 0.05) is 49.4 Å². The number of piperidine rings is 1. The van der Waals surface area contributed by atoms with E-state index in [1.807, 2.05) is 6.20 Å². The highest BCUT2D eigenvalue weighted by atomic mass is 15.1. The average Bonchev–Trinajstić information content (AvgIpc) is 3.14. The molecule has 23 heavy (non-hydrogen) atoms. The Morgan fingerprint density at radius 3 is 3.04 bits per heavy atom. The third-order valence-corrected chi connectivity index (χ3v) is 4.98. The van der Waals surface area contributed by atoms with Crippen LogP contribution in [0.5, 0.6) is 0 Å². The van der Waals surface area contributed by atoms with Crippen LogP contribution in [0, 0.1) is 6.92 Å². The maximum Gasteiger partial charge on any atom is 0.113 e. The van der Waals surface area contributed by atoms with Crippen LogP contribution < -0.4 is 0 Å². The van der Waals surface area contributed by atoms with Gasteiger partial charge in [0.05, 0.1) is 5.69 Å². The van der Waals surface area contributed by atoms with Gasteiger partial charge in [0.2, 0.25) is 0 Å². The largest absolute Gasteiger partial charge is 0.361 e. The van der Waals surface area contributed by atoms with E-state index < -0.39 is 0 Å². The van der Waals surface area contributed by atoms with Gasteiger partial charge in [-0.3, -0.25) is 4.90 Å². The number of hydrogen-bond acceptors (Lipinski definition) is 2. The highest BCUT2D eigenvalue weighted by Crippen LogP contribution is 2.28. The van der Waals surface area contributed by atoms with Crippen LogP contribution in [0.2, 0.25) is 0 Å². The fourth-order valence-electron chi connectivity index (χ4n) is 3.95. The first-order valence-electron chi connectivity index (χ1n) is 8.48. The van der Waals surface area contributed by atoms with Crippen molar-refractivity contribution in [1.29, 1.82) is 0 Å². The van der Waals surface area contributed by atoms with Crippen molar-refractivity contribution in [2.45, 2.75) is 32.2 Å². The molecule has 1 aromatic carbocycles. The Labute approximate surface area is 137 Å². The van der Waals surface area contributed by atoms with E-state index in [4.69, 9.17) is 4.98 Å². The number of imidazole rings is 1. The lowest BCUT2D eigenvalue weighted by Gasteiger charge is -2.32. The second-order valence-electron chi connectivity index (χ2n) is 6.78. The number of aromatic nitrogens is 3. The number of rotatable bonds is 3. The predicted molar refractivity (Wildman–Crippen MR) is 93.5 cm³/mol. The molecule has 1 fully saturated rings. The molecular formula is C19H24N4. The Hall–Kier alpha value is -2.07. The van der Waals surface area contributed by atoms with E-state index >= 15 is 0 Å². The molecule has 0 aliphatic carbocycles. The minimum absolute atomic E-state index is 0.549. The molecule has 1 atom stereocenters. The molecule has 1 unspecified atom stereocenters. The molecule has 120 valence electrons. The molecule has 2 aromatic heterocycles. The van der Waals surface area contributed by atoms with Gasteiger partial charge in [-0.2, -0.15) is 0 Å². The number of H-pyrrole nitrogens is 1. The fourth-order valence-corrected chi connectivity index (χ4v) is 3.95. The normalized spacial score (nSPS) is 19.5. The molecule has 1 aliphatic rings. The molecule has 0 saturated carbocycles. The molecule has 0 spiro atoms. The van der Waals surface area contributed by atoms with Gasteiger partial charge >= 0.3 is 0 Å². The van der Waals surface area contributed by atoms with Gasteiger partial charge in [0.15, 0.2) is 0 Å². The number of benzene rings is 1. The molecule has 0 radical (unpaired) electrons. The molecule has 4 heteroatoms. The lowest BCUT2D eigenvalue weighted by Crippen LogP contribution is -2.34. The first-order valence-corrected chi connectivity index (χ1v) is 8.48. The predicted octanol–water partition coefficient (Wildman–Crippen LogP) is 3.59. The summed E-state index contributed by atoms with van der Waals surface area (Å²) < 4.78 is 2.20. The van der Waals surface area contributed by atoms with Crippen LogP contribution in [0.1, 0.15) is 35.8 Å². The van der Waals surface area contributed by atoms with E-state index in [-0.39, 0.29) is 0 Å². The summed E-state index contributed by atoms with van der Waals surface area (Å²) in [4.78, 5) is 10.6. The first-order chi connectivity index (χ1) is 11.2. The molecule has 0 bridgehead atoms. The van der Waals surface area contributed by atoms with Crippen LogP contribution in [0.4, 0.5) is 0 Å². The summed E-state index contributed by atoms with van der Waals surface area (Å²) in [5.74, 6) is 1.79. The van der Waals surface area contributed by atoms with Crippen molar-refractivity contribution in [2.75, 3.05) is 13.1 Å². The van der Waals surface area contributed by atoms with Crippen molar-refractivity contribution < 1.29 is 0 Å². The van der Waals surface area contributed by atoms with Crippen LogP contribution in [-0.4, -0.2) is 32.5 Å². The zero-order valence-electron chi connectivity index (χ0n) is 13.9. The number of nitrogens with zero attached hydrogens (tertiary/aromatic N) is 3. The summed E-state index contributed by atoms with van der Waals surface area (Å²) in [6.45, 7) is 5.39. The van der Waals surface area contributed by atoms with E-state index in [0.717, 1.165) is 18.8 Å². The number of likely N-dealkylation sites (tertiary alicyclic amines) is 1. The summed E-state index contributed by atoms with van der Waals surface area (Å²) in [5.41, 5.74) is 3.77. The van der Waals surface area contributed by atoms with Crippen LogP contribution in [0.3, 0.4) is 0 Å². The van der Waals surface area contributed by atoms with E-state index in [2.05, 4.69) is 58.9 Å². The zero-order valence-corrected chi connectivity index (χ0v) is 13.9. The maximum atomic E-state index is 4.75. The summed E-state index contributed by atoms with van der Waals surface area (Å²) >= 11 is 0. The zero-order chi connectivity index (χ0) is 15.8. The van der Waals surface area contributed by atoms with Crippen LogP contribution in [0.15, 0.2) is 36.7 Å². The molecule has 1 saturated heterocycles. The van der Waals surface area contributed by atoms with Gasteiger partial charge in [-0.1, -0.05) is 12.1 Å². The van der Waals surface area contributed by atoms with Gasteiger partial charge in [-0.15, -0.1) is 0 Å². The minimum Gasteiger partial charge on any atom is -0.361 e. The number of nitrogens with one attached hydrogen (secondary N) is 1. The summed E-state index contributed by atoms with van der Waals surface area (Å²) in [6, 6.07) is 8.74. The van der Waals surface area contributed by atoms with Crippen molar-refractivity contribution >= 4 is 10.9 Å². The smallest absolute Gasteiger partial charge is 0.113 e. The van der Waals surface area contributed by atoms with Crippen molar-refractivity contribution in [3.05, 3.63) is 53.7 Å². The monoisotopic (exact) mass is 308 g/mol. The second-order valence-corrected chi connectivity index (χ2v) is 6.78. The summed E-state index contributed by atoms with van der Waals surface area (Å²) in [6.07, 6.45) is 6.66. The van der Waals surface area contributed by atoms with Gasteiger partial charge in [0.1, 0.15) is 5.82 Å². The second kappa shape index (κ2) is 5.85. The average molecular weight is 308 g/mol. The van der Waals surface area contributed by atoms with Gasteiger partial charge < -0.3 is 9.55 Å². The van der Waals surface area contributed by atoms with E-state index in [1.165, 1.54) is 41.7 Å². The number of aromatic amines is 1. The van der Waals surface area contributed by atoms with Crippen LogP contribution in [0.25, 0.3) is 10.9 Å². The minimum atomic E-state index is 0.549. The van der Waals surface area contributed by atoms with Gasteiger partial charge in [-0.05, 0) is 44.0 Å². The quantitative estimate of drug-likeness (QED) is 0.803. The Morgan fingerprint density at radius 1 is 1.30 bits per heavy atom. The van der Waals surface area contributed by atoms with Crippen molar-refractivity contribution in [1.82, 2.24) is 19.4 Å². The van der Waals surface area contributed by atoms with Crippen molar-refractivity contribution in [3.63, 3.8) is 0 Å². The van der Waals surface area contributed by atoms with Gasteiger partial charge in [-0.25, -0.2) is 4.98 Å². The van der Waals surface area contributed by atoms with Crippen molar-refractivity contribution in [3.8, 4) is 0 Å². The Morgan fingerprint density at radius 2 is 2.22 bits per heavy atom. The number of fused-ring (bicyclic) bond motifs is 1. The fraction of sp³-hybridized carbons (Fsp3) is 0.421. The molecule has 4 rings (SSSR count). The van der Waals surface area contributed by atoms with Crippen LogP contribution >= 0.6 is 0 Å². The molecule has 3 aromatic rings. The van der Waals surface area contributed by atoms with Crippen LogP contribution in [-0.2, 0) is 13.6 Å². The number of hydrogen-bond donors (Lipinski definition) is 1. The van der Waals surface area contributed by atoms with E-state index in [9.17, 15) is 0 Å². The Kier molecular flexibility index (Phi) is 3.69. The first kappa shape index (κ1) is 14.5. The molecule has 1 aliphatic heterocycles. The standard InChI is InChI=1S/C19H24N4/c1-14-11-22(2)19(21-14)16-6-4-10-23(13-16)12-15-5-3-7-18-17(15)8-9-20-18/h3,5,7-9,11,16,20H,4,6,10,12-13H2,1-2H3. The highest BCUT2D eigenvalue weighted by molar-refractivity contribution is 5.82. The maximum absolute atomic E-state index is 4.75. The molecule has 3 heterocycles. The van der Waals surface area contributed by atoms with Gasteiger partial charge in [0.25, 0.3) is 0 Å². The van der Waals surface area contributed by atoms with E-state index in [1.54, 1.807) is 0 Å². The Balaban J connectivity index is 1.53. The Bertz CT molecular complexity index is 814. The molecule has 4 nitrogen and oxygen atoms in total. The third kappa shape index (κ3) is 2.79. The third-order valence-electron chi connectivity index (χ3n) is 4.98. The lowest BCUT2D eigenvalue weighted by atomic mass is 9.96. The van der Waals surface area contributed by atoms with Crippen molar-refractivity contribution in [2.24, 2.45) is 7.05 Å². The highest BCUT2D eigenvalue weighted by Gasteiger charge is 2.24. The summed E-state index contributed by atoms with van der Waals surface area (Å²) in [7, 11) is 2.12. The molecule has 0 amide bonds. The summed E-state index contributed by atoms with van der Waals surface area (Å²) in [5, 5.41) is 1.35. The SMILES string of the molecule is Cc1cn(C)c(C2CCCN(Cc3cccc4[nH]ccc34)C2)n1. The lowest BCUT2D eigenvalue weighted by molar-refractivity contribution is 0.196. The van der Waals surface area contributed by atoms with E-state index in [0.29, 0.717) is 5.92 Å². The number of aryl methyl sites for hydroxylation is 2. The molecule has 1 N–H and O–H groups in total.